The minimum absolute atomic E-state index is 0.595. The molecule has 106 valence electrons. The number of aromatic nitrogens is 2. The summed E-state index contributed by atoms with van der Waals surface area (Å²) < 4.78 is 9.18. The van der Waals surface area contributed by atoms with Crippen molar-refractivity contribution in [2.75, 3.05) is 19.0 Å². The largest absolute Gasteiger partial charge is 0.618 e. The maximum absolute atomic E-state index is 12.2. The van der Waals surface area contributed by atoms with Crippen LogP contribution in [0.4, 0.5) is 11.4 Å². The molecule has 1 aromatic heterocycles. The molecule has 0 N–H and O–H groups in total. The standard InChI is InChI=1S/C15H14N4OS/c1-18(2)12-4-6-13(7-5-12)19(20)10-11-3-8-14-15(9-11)17-21-16-14/h3-10H,1-2H3/b19-10+. The van der Waals surface area contributed by atoms with E-state index in [4.69, 9.17) is 0 Å². The van der Waals surface area contributed by atoms with Gasteiger partial charge in [0.2, 0.25) is 5.69 Å². The van der Waals surface area contributed by atoms with Gasteiger partial charge in [-0.2, -0.15) is 13.5 Å². The smallest absolute Gasteiger partial charge is 0.216 e. The molecule has 0 atom stereocenters. The molecule has 0 bridgehead atoms. The molecule has 0 unspecified atom stereocenters. The van der Waals surface area contributed by atoms with Crippen LogP contribution in [0.3, 0.4) is 0 Å². The molecule has 3 aromatic rings. The van der Waals surface area contributed by atoms with Crippen LogP contribution in [-0.2, 0) is 0 Å². The molecule has 0 saturated heterocycles. The molecular weight excluding hydrogens is 284 g/mol. The molecule has 0 saturated carbocycles. The molecule has 0 fully saturated rings. The van der Waals surface area contributed by atoms with Crippen LogP contribution in [0.5, 0.6) is 0 Å². The maximum Gasteiger partial charge on any atom is 0.216 e. The summed E-state index contributed by atoms with van der Waals surface area (Å²) in [7, 11) is 3.93. The average Bonchev–Trinajstić information content (AvgIpc) is 2.95. The Labute approximate surface area is 126 Å². The lowest BCUT2D eigenvalue weighted by atomic mass is 10.2. The minimum atomic E-state index is 0.595. The summed E-state index contributed by atoms with van der Waals surface area (Å²) in [6, 6.07) is 13.0. The molecule has 2 aromatic carbocycles. The second-order valence-electron chi connectivity index (χ2n) is 4.88. The second kappa shape index (κ2) is 5.49. The molecule has 21 heavy (non-hydrogen) atoms. The van der Waals surface area contributed by atoms with Gasteiger partial charge in [-0.1, -0.05) is 0 Å². The lowest BCUT2D eigenvalue weighted by Crippen LogP contribution is -2.08. The van der Waals surface area contributed by atoms with E-state index in [-0.39, 0.29) is 0 Å². The van der Waals surface area contributed by atoms with Crippen LogP contribution in [0.25, 0.3) is 11.0 Å². The molecule has 0 spiro atoms. The topological polar surface area (TPSA) is 55.1 Å². The first-order valence-electron chi connectivity index (χ1n) is 6.44. The first-order valence-corrected chi connectivity index (χ1v) is 7.17. The maximum atomic E-state index is 12.2. The van der Waals surface area contributed by atoms with Crippen molar-refractivity contribution < 1.29 is 4.74 Å². The summed E-state index contributed by atoms with van der Waals surface area (Å²) in [6.07, 6.45) is 1.55. The average molecular weight is 298 g/mol. The van der Waals surface area contributed by atoms with Gasteiger partial charge in [0, 0.05) is 37.5 Å². The lowest BCUT2D eigenvalue weighted by molar-refractivity contribution is -0.354. The molecule has 3 rings (SSSR count). The van der Waals surface area contributed by atoms with E-state index in [1.165, 1.54) is 11.7 Å². The van der Waals surface area contributed by atoms with Gasteiger partial charge < -0.3 is 10.1 Å². The molecule has 0 amide bonds. The second-order valence-corrected chi connectivity index (χ2v) is 5.41. The Morgan fingerprint density at radius 1 is 1.05 bits per heavy atom. The van der Waals surface area contributed by atoms with Gasteiger partial charge in [0.1, 0.15) is 11.0 Å². The first kappa shape index (κ1) is 13.5. The van der Waals surface area contributed by atoms with Crippen molar-refractivity contribution in [2.24, 2.45) is 0 Å². The Bertz CT molecular complexity index is 793. The lowest BCUT2D eigenvalue weighted by Gasteiger charge is -2.12. The van der Waals surface area contributed by atoms with Crippen LogP contribution in [0.15, 0.2) is 42.5 Å². The zero-order valence-electron chi connectivity index (χ0n) is 11.7. The summed E-state index contributed by atoms with van der Waals surface area (Å²) in [4.78, 5) is 1.99. The highest BCUT2D eigenvalue weighted by Crippen LogP contribution is 2.18. The quantitative estimate of drug-likeness (QED) is 0.323. The molecule has 0 aliphatic rings. The Kier molecular flexibility index (Phi) is 3.53. The van der Waals surface area contributed by atoms with E-state index in [0.717, 1.165) is 27.0 Å². The summed E-state index contributed by atoms with van der Waals surface area (Å²) in [5.41, 5.74) is 4.12. The Balaban J connectivity index is 1.90. The summed E-state index contributed by atoms with van der Waals surface area (Å²) >= 11 is 1.17. The molecule has 6 heteroatoms. The third-order valence-electron chi connectivity index (χ3n) is 3.16. The van der Waals surface area contributed by atoms with E-state index in [9.17, 15) is 5.21 Å². The van der Waals surface area contributed by atoms with Crippen molar-refractivity contribution in [1.29, 1.82) is 0 Å². The highest BCUT2D eigenvalue weighted by Gasteiger charge is 2.05. The number of benzene rings is 2. The minimum Gasteiger partial charge on any atom is -0.618 e. The molecule has 5 nitrogen and oxygen atoms in total. The van der Waals surface area contributed by atoms with Gasteiger partial charge in [0.15, 0.2) is 6.21 Å². The highest BCUT2D eigenvalue weighted by atomic mass is 32.1. The normalized spacial score (nSPS) is 11.8. The van der Waals surface area contributed by atoms with Crippen LogP contribution in [0.1, 0.15) is 5.56 Å². The van der Waals surface area contributed by atoms with Crippen molar-refractivity contribution in [1.82, 2.24) is 8.75 Å². The van der Waals surface area contributed by atoms with Gasteiger partial charge >= 0.3 is 0 Å². The van der Waals surface area contributed by atoms with E-state index in [1.807, 2.05) is 61.5 Å². The first-order chi connectivity index (χ1) is 10.1. The third-order valence-corrected chi connectivity index (χ3v) is 3.72. The Morgan fingerprint density at radius 3 is 2.48 bits per heavy atom. The fourth-order valence-electron chi connectivity index (χ4n) is 1.99. The van der Waals surface area contributed by atoms with Crippen LogP contribution < -0.4 is 4.90 Å². The van der Waals surface area contributed by atoms with Crippen molar-refractivity contribution in [3.63, 3.8) is 0 Å². The number of hydrogen-bond acceptors (Lipinski definition) is 5. The van der Waals surface area contributed by atoms with Crippen LogP contribution >= 0.6 is 11.7 Å². The van der Waals surface area contributed by atoms with Gasteiger partial charge in [-0.15, -0.1) is 0 Å². The van der Waals surface area contributed by atoms with Gasteiger partial charge in [0.05, 0.1) is 11.7 Å². The summed E-state index contributed by atoms with van der Waals surface area (Å²) in [5, 5.41) is 12.2. The van der Waals surface area contributed by atoms with E-state index >= 15 is 0 Å². The predicted octanol–water partition coefficient (Wildman–Crippen LogP) is 3.02. The number of rotatable bonds is 3. The molecule has 0 aliphatic carbocycles. The Morgan fingerprint density at radius 2 is 1.76 bits per heavy atom. The monoisotopic (exact) mass is 298 g/mol. The highest BCUT2D eigenvalue weighted by molar-refractivity contribution is 7.00. The van der Waals surface area contributed by atoms with Crippen molar-refractivity contribution >= 4 is 40.4 Å². The molecule has 0 aliphatic heterocycles. The number of nitrogens with zero attached hydrogens (tertiary/aromatic N) is 4. The van der Waals surface area contributed by atoms with Crippen molar-refractivity contribution in [3.8, 4) is 0 Å². The van der Waals surface area contributed by atoms with Gasteiger partial charge in [-0.05, 0) is 30.3 Å². The van der Waals surface area contributed by atoms with E-state index in [2.05, 4.69) is 8.75 Å². The van der Waals surface area contributed by atoms with E-state index in [1.54, 1.807) is 6.21 Å². The van der Waals surface area contributed by atoms with Crippen LogP contribution in [-0.4, -0.2) is 33.8 Å². The molecule has 1 heterocycles. The van der Waals surface area contributed by atoms with Crippen molar-refractivity contribution in [2.45, 2.75) is 0 Å². The Hall–Kier alpha value is -2.47. The SMILES string of the molecule is CN(C)c1ccc(/[N+]([O-])=C\c2ccc3nsnc3c2)cc1. The predicted molar refractivity (Wildman–Crippen MR) is 86.6 cm³/mol. The van der Waals surface area contributed by atoms with Gasteiger partial charge in [0.25, 0.3) is 0 Å². The molecule has 0 radical (unpaired) electrons. The van der Waals surface area contributed by atoms with Gasteiger partial charge in [-0.25, -0.2) is 0 Å². The van der Waals surface area contributed by atoms with Crippen LogP contribution in [0.2, 0.25) is 0 Å². The third kappa shape index (κ3) is 2.85. The number of anilines is 1. The van der Waals surface area contributed by atoms with Gasteiger partial charge in [-0.3, -0.25) is 0 Å². The van der Waals surface area contributed by atoms with Crippen LogP contribution in [0, 0.1) is 5.21 Å². The fraction of sp³-hybridized carbons (Fsp3) is 0.133. The number of hydrogen-bond donors (Lipinski definition) is 0. The zero-order valence-corrected chi connectivity index (χ0v) is 12.5. The number of fused-ring (bicyclic) bond motifs is 1. The summed E-state index contributed by atoms with van der Waals surface area (Å²) in [6.45, 7) is 0. The van der Waals surface area contributed by atoms with E-state index in [0.29, 0.717) is 5.69 Å². The summed E-state index contributed by atoms with van der Waals surface area (Å²) in [5.74, 6) is 0. The van der Waals surface area contributed by atoms with Crippen molar-refractivity contribution in [3.05, 3.63) is 53.2 Å². The van der Waals surface area contributed by atoms with E-state index < -0.39 is 0 Å². The molecular formula is C15H14N4OS. The fourth-order valence-corrected chi connectivity index (χ4v) is 2.50. The zero-order chi connectivity index (χ0) is 14.8.